The average Bonchev–Trinajstić information content (AvgIpc) is 2.97. The molecule has 0 amide bonds. The van der Waals surface area contributed by atoms with E-state index < -0.39 is 0 Å². The lowest BCUT2D eigenvalue weighted by molar-refractivity contribution is 0.530. The first-order chi connectivity index (χ1) is 6.88. The number of benzene rings is 1. The van der Waals surface area contributed by atoms with E-state index in [1.165, 1.54) is 12.8 Å². The summed E-state index contributed by atoms with van der Waals surface area (Å²) < 4.78 is 5.72. The molecular formula is C11H12N2O. The van der Waals surface area contributed by atoms with Gasteiger partial charge in [0, 0.05) is 18.0 Å². The lowest BCUT2D eigenvalue weighted by Crippen LogP contribution is -1.95. The highest BCUT2D eigenvalue weighted by atomic mass is 16.3. The van der Waals surface area contributed by atoms with Gasteiger partial charge in [-0.2, -0.15) is 0 Å². The highest BCUT2D eigenvalue weighted by Gasteiger charge is 2.29. The third-order valence-electron chi connectivity index (χ3n) is 2.66. The van der Waals surface area contributed by atoms with Gasteiger partial charge in [0.2, 0.25) is 0 Å². The summed E-state index contributed by atoms with van der Waals surface area (Å²) in [5.41, 5.74) is 8.48. The molecule has 1 heterocycles. The first-order valence-electron chi connectivity index (χ1n) is 4.97. The fourth-order valence-electron chi connectivity index (χ4n) is 1.69. The summed E-state index contributed by atoms with van der Waals surface area (Å²) in [4.78, 5) is 4.46. The number of hydrogen-bond donors (Lipinski definition) is 1. The second-order valence-electron chi connectivity index (χ2n) is 3.80. The Morgan fingerprint density at radius 3 is 3.00 bits per heavy atom. The Balaban J connectivity index is 2.20. The highest BCUT2D eigenvalue weighted by molar-refractivity contribution is 5.76. The van der Waals surface area contributed by atoms with Crippen molar-refractivity contribution in [3.8, 4) is 0 Å². The molecule has 3 heteroatoms. The maximum absolute atomic E-state index is 5.72. The lowest BCUT2D eigenvalue weighted by atomic mass is 10.2. The molecular weight excluding hydrogens is 176 g/mol. The van der Waals surface area contributed by atoms with Crippen LogP contribution < -0.4 is 5.73 Å². The Kier molecular flexibility index (Phi) is 1.61. The zero-order valence-electron chi connectivity index (χ0n) is 7.86. The third-order valence-corrected chi connectivity index (χ3v) is 2.66. The SMILES string of the molecule is NCc1cccc2nc(C3CC3)oc12. The molecule has 3 rings (SSSR count). The van der Waals surface area contributed by atoms with Crippen molar-refractivity contribution in [3.63, 3.8) is 0 Å². The Bertz CT molecular complexity index is 471. The van der Waals surface area contributed by atoms with Gasteiger partial charge in [-0.05, 0) is 18.9 Å². The van der Waals surface area contributed by atoms with Gasteiger partial charge >= 0.3 is 0 Å². The molecule has 72 valence electrons. The molecule has 0 bridgehead atoms. The number of nitrogens with zero attached hydrogens (tertiary/aromatic N) is 1. The van der Waals surface area contributed by atoms with Crippen molar-refractivity contribution < 1.29 is 4.42 Å². The maximum Gasteiger partial charge on any atom is 0.198 e. The zero-order chi connectivity index (χ0) is 9.54. The first-order valence-corrected chi connectivity index (χ1v) is 4.97. The minimum absolute atomic E-state index is 0.511. The van der Waals surface area contributed by atoms with Crippen LogP contribution in [-0.4, -0.2) is 4.98 Å². The number of nitrogens with two attached hydrogens (primary N) is 1. The van der Waals surface area contributed by atoms with Crippen LogP contribution in [0.2, 0.25) is 0 Å². The van der Waals surface area contributed by atoms with Gasteiger partial charge in [-0.3, -0.25) is 0 Å². The Morgan fingerprint density at radius 2 is 2.29 bits per heavy atom. The summed E-state index contributed by atoms with van der Waals surface area (Å²) in [5, 5.41) is 0. The quantitative estimate of drug-likeness (QED) is 0.785. The summed E-state index contributed by atoms with van der Waals surface area (Å²) in [6.07, 6.45) is 2.43. The summed E-state index contributed by atoms with van der Waals surface area (Å²) >= 11 is 0. The molecule has 0 saturated heterocycles. The number of oxazole rings is 1. The van der Waals surface area contributed by atoms with Crippen molar-refractivity contribution in [1.29, 1.82) is 0 Å². The van der Waals surface area contributed by atoms with Gasteiger partial charge in [-0.1, -0.05) is 12.1 Å². The van der Waals surface area contributed by atoms with E-state index >= 15 is 0 Å². The molecule has 1 aromatic heterocycles. The molecule has 0 unspecified atom stereocenters. The smallest absolute Gasteiger partial charge is 0.198 e. The monoisotopic (exact) mass is 188 g/mol. The Morgan fingerprint density at radius 1 is 1.43 bits per heavy atom. The van der Waals surface area contributed by atoms with E-state index in [2.05, 4.69) is 4.98 Å². The first kappa shape index (κ1) is 8.00. The van der Waals surface area contributed by atoms with Crippen molar-refractivity contribution in [3.05, 3.63) is 29.7 Å². The molecule has 2 N–H and O–H groups in total. The molecule has 1 aromatic carbocycles. The average molecular weight is 188 g/mol. The van der Waals surface area contributed by atoms with Crippen LogP contribution in [-0.2, 0) is 6.54 Å². The Hall–Kier alpha value is -1.35. The van der Waals surface area contributed by atoms with E-state index in [4.69, 9.17) is 10.2 Å². The van der Waals surface area contributed by atoms with E-state index in [0.29, 0.717) is 12.5 Å². The molecule has 0 atom stereocenters. The molecule has 14 heavy (non-hydrogen) atoms. The number of aromatic nitrogens is 1. The van der Waals surface area contributed by atoms with Crippen LogP contribution in [0, 0.1) is 0 Å². The molecule has 0 radical (unpaired) electrons. The lowest BCUT2D eigenvalue weighted by Gasteiger charge is -1.94. The van der Waals surface area contributed by atoms with Crippen molar-refractivity contribution in [2.75, 3.05) is 0 Å². The van der Waals surface area contributed by atoms with Gasteiger partial charge in [0.05, 0.1) is 0 Å². The predicted octanol–water partition coefficient (Wildman–Crippen LogP) is 2.16. The number of fused-ring (bicyclic) bond motifs is 1. The van der Waals surface area contributed by atoms with Crippen molar-refractivity contribution >= 4 is 11.1 Å². The van der Waals surface area contributed by atoms with Crippen LogP contribution in [0.1, 0.15) is 30.2 Å². The number of para-hydroxylation sites is 1. The predicted molar refractivity (Wildman–Crippen MR) is 53.9 cm³/mol. The van der Waals surface area contributed by atoms with Crippen LogP contribution in [0.15, 0.2) is 22.6 Å². The normalized spacial score (nSPS) is 16.4. The minimum atomic E-state index is 0.511. The molecule has 0 aliphatic heterocycles. The van der Waals surface area contributed by atoms with E-state index in [9.17, 15) is 0 Å². The van der Waals surface area contributed by atoms with Crippen LogP contribution in [0.3, 0.4) is 0 Å². The van der Waals surface area contributed by atoms with Gasteiger partial charge in [-0.15, -0.1) is 0 Å². The fraction of sp³-hybridized carbons (Fsp3) is 0.364. The Labute approximate surface area is 81.9 Å². The summed E-state index contributed by atoms with van der Waals surface area (Å²) in [6.45, 7) is 0.511. The maximum atomic E-state index is 5.72. The van der Waals surface area contributed by atoms with Crippen LogP contribution in [0.5, 0.6) is 0 Å². The number of hydrogen-bond acceptors (Lipinski definition) is 3. The van der Waals surface area contributed by atoms with Gasteiger partial charge in [0.15, 0.2) is 11.5 Å². The van der Waals surface area contributed by atoms with Crippen molar-refractivity contribution in [1.82, 2.24) is 4.98 Å². The molecule has 1 aliphatic carbocycles. The molecule has 1 aliphatic rings. The van der Waals surface area contributed by atoms with Gasteiger partial charge < -0.3 is 10.2 Å². The zero-order valence-corrected chi connectivity index (χ0v) is 7.86. The molecule has 3 nitrogen and oxygen atoms in total. The molecule has 0 spiro atoms. The van der Waals surface area contributed by atoms with E-state index in [-0.39, 0.29) is 0 Å². The molecule has 1 saturated carbocycles. The van der Waals surface area contributed by atoms with Crippen molar-refractivity contribution in [2.24, 2.45) is 5.73 Å². The number of rotatable bonds is 2. The fourth-order valence-corrected chi connectivity index (χ4v) is 1.69. The van der Waals surface area contributed by atoms with Crippen LogP contribution in [0.25, 0.3) is 11.1 Å². The van der Waals surface area contributed by atoms with Gasteiger partial charge in [0.1, 0.15) is 5.52 Å². The summed E-state index contributed by atoms with van der Waals surface area (Å²) in [7, 11) is 0. The largest absolute Gasteiger partial charge is 0.440 e. The topological polar surface area (TPSA) is 52.0 Å². The van der Waals surface area contributed by atoms with Gasteiger partial charge in [-0.25, -0.2) is 4.98 Å². The van der Waals surface area contributed by atoms with Crippen LogP contribution >= 0.6 is 0 Å². The minimum Gasteiger partial charge on any atom is -0.440 e. The van der Waals surface area contributed by atoms with Gasteiger partial charge in [0.25, 0.3) is 0 Å². The second kappa shape index (κ2) is 2.82. The summed E-state index contributed by atoms with van der Waals surface area (Å²) in [5.74, 6) is 1.45. The van der Waals surface area contributed by atoms with E-state index in [1.54, 1.807) is 0 Å². The standard InChI is InChI=1S/C11H12N2O/c12-6-8-2-1-3-9-10(8)14-11(13-9)7-4-5-7/h1-3,7H,4-6,12H2. The van der Waals surface area contributed by atoms with Crippen LogP contribution in [0.4, 0.5) is 0 Å². The highest BCUT2D eigenvalue weighted by Crippen LogP contribution is 2.40. The molecule has 1 fully saturated rings. The molecule has 2 aromatic rings. The van der Waals surface area contributed by atoms with E-state index in [0.717, 1.165) is 22.6 Å². The van der Waals surface area contributed by atoms with E-state index in [1.807, 2.05) is 18.2 Å². The van der Waals surface area contributed by atoms with Crippen molar-refractivity contribution in [2.45, 2.75) is 25.3 Å². The second-order valence-corrected chi connectivity index (χ2v) is 3.80. The third kappa shape index (κ3) is 1.13. The summed E-state index contributed by atoms with van der Waals surface area (Å²) in [6, 6.07) is 5.94.